The molecule has 2 heterocycles. The standard InChI is InChI=1S/C19H22N4O5S/c1-11(16(24)21-18(25)20-13-5-3-2-4-6-13)29-19-23-22-17(28-19)12-7-8-14-15(9-12)27-10-26-14/h7-9,11,13H,2-6,10H2,1H3,(H2,20,21,24,25)/t11-/m1/s1. The van der Waals surface area contributed by atoms with E-state index in [0.29, 0.717) is 23.0 Å². The van der Waals surface area contributed by atoms with Gasteiger partial charge in [0.2, 0.25) is 18.6 Å². The van der Waals surface area contributed by atoms with Crippen LogP contribution in [-0.2, 0) is 4.79 Å². The topological polar surface area (TPSA) is 116 Å². The largest absolute Gasteiger partial charge is 0.454 e. The number of amides is 3. The van der Waals surface area contributed by atoms with Gasteiger partial charge in [-0.3, -0.25) is 10.1 Å². The number of nitrogens with one attached hydrogen (secondary N) is 2. The smallest absolute Gasteiger partial charge is 0.321 e. The Labute approximate surface area is 171 Å². The zero-order chi connectivity index (χ0) is 20.2. The molecule has 1 fully saturated rings. The SMILES string of the molecule is C[C@@H](Sc1nnc(-c2ccc3c(c2)OCO3)o1)C(=O)NC(=O)NC1CCCCC1. The molecule has 10 heteroatoms. The van der Waals surface area contributed by atoms with Crippen molar-refractivity contribution in [2.45, 2.75) is 55.5 Å². The summed E-state index contributed by atoms with van der Waals surface area (Å²) >= 11 is 1.09. The highest BCUT2D eigenvalue weighted by Gasteiger charge is 2.23. The van der Waals surface area contributed by atoms with Crippen molar-refractivity contribution in [3.05, 3.63) is 18.2 Å². The first-order chi connectivity index (χ1) is 14.1. The molecule has 1 aliphatic heterocycles. The number of urea groups is 1. The number of benzene rings is 1. The van der Waals surface area contributed by atoms with Crippen molar-refractivity contribution in [1.82, 2.24) is 20.8 Å². The Morgan fingerprint density at radius 1 is 1.14 bits per heavy atom. The fraction of sp³-hybridized carbons (Fsp3) is 0.474. The van der Waals surface area contributed by atoms with Gasteiger partial charge in [0.25, 0.3) is 5.22 Å². The fourth-order valence-electron chi connectivity index (χ4n) is 3.29. The first kappa shape index (κ1) is 19.6. The van der Waals surface area contributed by atoms with Crippen LogP contribution in [0.15, 0.2) is 27.8 Å². The third-order valence-corrected chi connectivity index (χ3v) is 5.78. The van der Waals surface area contributed by atoms with Crippen LogP contribution in [0.1, 0.15) is 39.0 Å². The molecule has 1 aromatic carbocycles. The maximum absolute atomic E-state index is 12.3. The van der Waals surface area contributed by atoms with E-state index >= 15 is 0 Å². The average Bonchev–Trinajstić information content (AvgIpc) is 3.37. The highest BCUT2D eigenvalue weighted by atomic mass is 32.2. The molecule has 29 heavy (non-hydrogen) atoms. The van der Waals surface area contributed by atoms with E-state index in [-0.39, 0.29) is 18.1 Å². The van der Waals surface area contributed by atoms with Gasteiger partial charge in [0.05, 0.1) is 5.25 Å². The number of rotatable bonds is 5. The summed E-state index contributed by atoms with van der Waals surface area (Å²) in [6.45, 7) is 1.86. The Balaban J connectivity index is 1.31. The van der Waals surface area contributed by atoms with Gasteiger partial charge >= 0.3 is 6.03 Å². The summed E-state index contributed by atoms with van der Waals surface area (Å²) in [6, 6.07) is 5.01. The van der Waals surface area contributed by atoms with Gasteiger partial charge < -0.3 is 19.2 Å². The summed E-state index contributed by atoms with van der Waals surface area (Å²) in [5.74, 6) is 1.19. The summed E-state index contributed by atoms with van der Waals surface area (Å²) in [6.07, 6.45) is 5.32. The van der Waals surface area contributed by atoms with Crippen LogP contribution in [0.2, 0.25) is 0 Å². The lowest BCUT2D eigenvalue weighted by atomic mass is 9.96. The molecule has 1 aromatic heterocycles. The molecule has 2 aromatic rings. The lowest BCUT2D eigenvalue weighted by molar-refractivity contribution is -0.119. The van der Waals surface area contributed by atoms with Gasteiger partial charge in [0.1, 0.15) is 0 Å². The number of imide groups is 1. The maximum Gasteiger partial charge on any atom is 0.321 e. The van der Waals surface area contributed by atoms with Crippen LogP contribution in [0.4, 0.5) is 4.79 Å². The van der Waals surface area contributed by atoms with Crippen molar-refractivity contribution in [2.24, 2.45) is 0 Å². The molecule has 3 amide bonds. The van der Waals surface area contributed by atoms with Gasteiger partial charge in [-0.1, -0.05) is 31.0 Å². The number of hydrogen-bond acceptors (Lipinski definition) is 8. The number of nitrogens with zero attached hydrogens (tertiary/aromatic N) is 2. The first-order valence-electron chi connectivity index (χ1n) is 9.60. The van der Waals surface area contributed by atoms with Crippen LogP contribution in [0.5, 0.6) is 11.5 Å². The summed E-state index contributed by atoms with van der Waals surface area (Å²) in [4.78, 5) is 24.3. The van der Waals surface area contributed by atoms with Crippen LogP contribution in [0.3, 0.4) is 0 Å². The van der Waals surface area contributed by atoms with Crippen LogP contribution < -0.4 is 20.1 Å². The van der Waals surface area contributed by atoms with Crippen LogP contribution in [0.25, 0.3) is 11.5 Å². The Hall–Kier alpha value is -2.75. The number of hydrogen-bond donors (Lipinski definition) is 2. The maximum atomic E-state index is 12.3. The third kappa shape index (κ3) is 4.81. The van der Waals surface area contributed by atoms with Crippen molar-refractivity contribution >= 4 is 23.7 Å². The van der Waals surface area contributed by atoms with Gasteiger partial charge in [0, 0.05) is 11.6 Å². The molecule has 1 saturated carbocycles. The number of ether oxygens (including phenoxy) is 2. The molecule has 1 atom stereocenters. The van der Waals surface area contributed by atoms with Crippen molar-refractivity contribution in [3.63, 3.8) is 0 Å². The van der Waals surface area contributed by atoms with Crippen molar-refractivity contribution in [2.75, 3.05) is 6.79 Å². The van der Waals surface area contributed by atoms with Crippen LogP contribution >= 0.6 is 11.8 Å². The van der Waals surface area contributed by atoms with Gasteiger partial charge in [-0.25, -0.2) is 4.79 Å². The van der Waals surface area contributed by atoms with Gasteiger partial charge in [-0.05, 0) is 38.0 Å². The van der Waals surface area contributed by atoms with Crippen LogP contribution in [0, 0.1) is 0 Å². The molecule has 4 rings (SSSR count). The quantitative estimate of drug-likeness (QED) is 0.712. The van der Waals surface area contributed by atoms with Gasteiger partial charge in [-0.15, -0.1) is 10.2 Å². The Morgan fingerprint density at radius 3 is 2.76 bits per heavy atom. The summed E-state index contributed by atoms with van der Waals surface area (Å²) < 4.78 is 16.3. The minimum Gasteiger partial charge on any atom is -0.454 e. The minimum absolute atomic E-state index is 0.139. The van der Waals surface area contributed by atoms with Gasteiger partial charge in [0.15, 0.2) is 11.5 Å². The monoisotopic (exact) mass is 418 g/mol. The fourth-order valence-corrected chi connectivity index (χ4v) is 3.97. The number of aromatic nitrogens is 2. The van der Waals surface area contributed by atoms with E-state index in [0.717, 1.165) is 37.4 Å². The number of thioether (sulfide) groups is 1. The molecule has 154 valence electrons. The Bertz CT molecular complexity index is 896. The predicted octanol–water partition coefficient (Wildman–Crippen LogP) is 3.10. The Morgan fingerprint density at radius 2 is 1.93 bits per heavy atom. The average molecular weight is 418 g/mol. The molecule has 1 aliphatic carbocycles. The summed E-state index contributed by atoms with van der Waals surface area (Å²) in [5, 5.41) is 12.9. The van der Waals surface area contributed by atoms with E-state index in [9.17, 15) is 9.59 Å². The Kier molecular flexibility index (Phi) is 5.89. The van der Waals surface area contributed by atoms with Crippen molar-refractivity contribution < 1.29 is 23.5 Å². The predicted molar refractivity (Wildman–Crippen MR) is 105 cm³/mol. The second-order valence-electron chi connectivity index (χ2n) is 7.00. The van der Waals surface area contributed by atoms with Gasteiger partial charge in [-0.2, -0.15) is 0 Å². The molecule has 0 saturated heterocycles. The van der Waals surface area contributed by atoms with E-state index < -0.39 is 17.2 Å². The molecule has 9 nitrogen and oxygen atoms in total. The second kappa shape index (κ2) is 8.73. The highest BCUT2D eigenvalue weighted by Crippen LogP contribution is 2.36. The molecule has 2 aliphatic rings. The van der Waals surface area contributed by atoms with Crippen molar-refractivity contribution in [1.29, 1.82) is 0 Å². The van der Waals surface area contributed by atoms with E-state index in [2.05, 4.69) is 20.8 Å². The normalized spacial score (nSPS) is 17.0. The molecule has 2 N–H and O–H groups in total. The molecule has 0 bridgehead atoms. The first-order valence-corrected chi connectivity index (χ1v) is 10.5. The van der Waals surface area contributed by atoms with E-state index in [4.69, 9.17) is 13.9 Å². The number of carbonyl (C=O) groups is 2. The third-order valence-electron chi connectivity index (χ3n) is 4.85. The zero-order valence-electron chi connectivity index (χ0n) is 16.0. The van der Waals surface area contributed by atoms with Crippen molar-refractivity contribution in [3.8, 4) is 23.0 Å². The van der Waals surface area contributed by atoms with E-state index in [1.54, 1.807) is 25.1 Å². The minimum atomic E-state index is -0.572. The zero-order valence-corrected chi connectivity index (χ0v) is 16.8. The molecular weight excluding hydrogens is 396 g/mol. The lowest BCUT2D eigenvalue weighted by Gasteiger charge is -2.22. The van der Waals surface area contributed by atoms with E-state index in [1.165, 1.54) is 6.42 Å². The molecule has 0 radical (unpaired) electrons. The second-order valence-corrected chi connectivity index (χ2v) is 8.29. The number of fused-ring (bicyclic) bond motifs is 1. The summed E-state index contributed by atoms with van der Waals surface area (Å²) in [7, 11) is 0. The number of carbonyl (C=O) groups excluding carboxylic acids is 2. The molecule has 0 unspecified atom stereocenters. The van der Waals surface area contributed by atoms with E-state index in [1.807, 2.05) is 0 Å². The van der Waals surface area contributed by atoms with Crippen LogP contribution in [-0.4, -0.2) is 40.2 Å². The molecule has 0 spiro atoms. The summed E-state index contributed by atoms with van der Waals surface area (Å²) in [5.41, 5.74) is 0.692. The highest BCUT2D eigenvalue weighted by molar-refractivity contribution is 8.00. The lowest BCUT2D eigenvalue weighted by Crippen LogP contribution is -2.47. The molecular formula is C19H22N4O5S.